The number of nitrogens with zero attached hydrogens (tertiary/aromatic N) is 3. The maximum absolute atomic E-state index is 12.7. The fourth-order valence-corrected chi connectivity index (χ4v) is 2.51. The fraction of sp³-hybridized carbons (Fsp3) is 0.833. The lowest BCUT2D eigenvalue weighted by Crippen LogP contribution is -2.51. The SMILES string of the molecule is CC(C)n1ncnc1CC1CCCC(C(F)(F)F)N1. The molecule has 2 rings (SSSR count). The van der Waals surface area contributed by atoms with Crippen molar-refractivity contribution >= 4 is 0 Å². The van der Waals surface area contributed by atoms with Crippen LogP contribution in [0.15, 0.2) is 6.33 Å². The van der Waals surface area contributed by atoms with Gasteiger partial charge in [-0.05, 0) is 33.1 Å². The van der Waals surface area contributed by atoms with Crippen LogP contribution in [0.25, 0.3) is 0 Å². The summed E-state index contributed by atoms with van der Waals surface area (Å²) in [5.41, 5.74) is 0. The molecular weight excluding hydrogens is 257 g/mol. The molecular formula is C12H19F3N4. The Hall–Kier alpha value is -1.11. The van der Waals surface area contributed by atoms with E-state index in [1.165, 1.54) is 6.33 Å². The fourth-order valence-electron chi connectivity index (χ4n) is 2.51. The van der Waals surface area contributed by atoms with E-state index >= 15 is 0 Å². The molecule has 0 aliphatic carbocycles. The molecule has 0 saturated carbocycles. The number of aromatic nitrogens is 3. The molecule has 1 fully saturated rings. The summed E-state index contributed by atoms with van der Waals surface area (Å²) in [4.78, 5) is 4.15. The van der Waals surface area contributed by atoms with E-state index in [2.05, 4.69) is 15.4 Å². The van der Waals surface area contributed by atoms with Crippen molar-refractivity contribution in [2.45, 2.75) is 63.8 Å². The van der Waals surface area contributed by atoms with Gasteiger partial charge in [-0.2, -0.15) is 18.3 Å². The number of alkyl halides is 3. The van der Waals surface area contributed by atoms with Gasteiger partial charge in [0.05, 0.1) is 0 Å². The minimum Gasteiger partial charge on any atom is -0.303 e. The predicted octanol–water partition coefficient (Wildman–Crippen LogP) is 2.47. The van der Waals surface area contributed by atoms with Gasteiger partial charge in [-0.15, -0.1) is 0 Å². The largest absolute Gasteiger partial charge is 0.403 e. The van der Waals surface area contributed by atoms with Crippen LogP contribution < -0.4 is 5.32 Å². The maximum atomic E-state index is 12.7. The second-order valence-corrected chi connectivity index (χ2v) is 5.31. The third-order valence-electron chi connectivity index (χ3n) is 3.44. The molecule has 1 saturated heterocycles. The third kappa shape index (κ3) is 3.46. The van der Waals surface area contributed by atoms with Crippen LogP contribution >= 0.6 is 0 Å². The number of halogens is 3. The Bertz CT molecular complexity index is 413. The molecule has 0 radical (unpaired) electrons. The highest BCUT2D eigenvalue weighted by Crippen LogP contribution is 2.28. The lowest BCUT2D eigenvalue weighted by Gasteiger charge is -2.32. The van der Waals surface area contributed by atoms with Crippen molar-refractivity contribution in [2.75, 3.05) is 0 Å². The van der Waals surface area contributed by atoms with Crippen molar-refractivity contribution < 1.29 is 13.2 Å². The Morgan fingerprint density at radius 1 is 1.42 bits per heavy atom. The van der Waals surface area contributed by atoms with E-state index in [0.717, 1.165) is 12.2 Å². The first-order valence-corrected chi connectivity index (χ1v) is 6.59. The number of piperidine rings is 1. The van der Waals surface area contributed by atoms with Gasteiger partial charge in [0, 0.05) is 18.5 Å². The summed E-state index contributed by atoms with van der Waals surface area (Å²) in [7, 11) is 0. The van der Waals surface area contributed by atoms with Crippen molar-refractivity contribution in [3.63, 3.8) is 0 Å². The Morgan fingerprint density at radius 2 is 2.16 bits per heavy atom. The number of hydrogen-bond acceptors (Lipinski definition) is 3. The molecule has 2 heterocycles. The number of nitrogens with one attached hydrogen (secondary N) is 1. The third-order valence-corrected chi connectivity index (χ3v) is 3.44. The van der Waals surface area contributed by atoms with E-state index in [1.54, 1.807) is 4.68 Å². The summed E-state index contributed by atoms with van der Waals surface area (Å²) in [6.45, 7) is 3.95. The van der Waals surface area contributed by atoms with Gasteiger partial charge in [-0.25, -0.2) is 9.67 Å². The molecule has 1 aliphatic heterocycles. The van der Waals surface area contributed by atoms with Crippen molar-refractivity contribution in [3.05, 3.63) is 12.2 Å². The van der Waals surface area contributed by atoms with E-state index in [1.807, 2.05) is 13.8 Å². The second-order valence-electron chi connectivity index (χ2n) is 5.31. The molecule has 2 atom stereocenters. The quantitative estimate of drug-likeness (QED) is 0.922. The molecule has 7 heteroatoms. The molecule has 1 aromatic rings. The molecule has 0 bridgehead atoms. The highest BCUT2D eigenvalue weighted by atomic mass is 19.4. The lowest BCUT2D eigenvalue weighted by atomic mass is 9.96. The minimum absolute atomic E-state index is 0.164. The lowest BCUT2D eigenvalue weighted by molar-refractivity contribution is -0.163. The number of rotatable bonds is 3. The van der Waals surface area contributed by atoms with Crippen molar-refractivity contribution in [1.29, 1.82) is 0 Å². The van der Waals surface area contributed by atoms with E-state index < -0.39 is 12.2 Å². The van der Waals surface area contributed by atoms with E-state index in [-0.39, 0.29) is 18.5 Å². The van der Waals surface area contributed by atoms with Gasteiger partial charge < -0.3 is 5.32 Å². The zero-order valence-corrected chi connectivity index (χ0v) is 11.1. The van der Waals surface area contributed by atoms with Crippen LogP contribution in [0.5, 0.6) is 0 Å². The average molecular weight is 276 g/mol. The normalized spacial score (nSPS) is 24.9. The topological polar surface area (TPSA) is 42.7 Å². The van der Waals surface area contributed by atoms with Gasteiger partial charge in [0.1, 0.15) is 18.2 Å². The zero-order chi connectivity index (χ0) is 14.0. The molecule has 1 N–H and O–H groups in total. The molecule has 0 amide bonds. The van der Waals surface area contributed by atoms with E-state index in [4.69, 9.17) is 0 Å². The Balaban J connectivity index is 2.01. The van der Waals surface area contributed by atoms with Crippen molar-refractivity contribution in [1.82, 2.24) is 20.1 Å². The molecule has 108 valence electrons. The summed E-state index contributed by atoms with van der Waals surface area (Å²) in [5.74, 6) is 0.746. The van der Waals surface area contributed by atoms with Crippen LogP contribution in [0.4, 0.5) is 13.2 Å². The molecule has 0 spiro atoms. The Labute approximate surface area is 110 Å². The summed E-state index contributed by atoms with van der Waals surface area (Å²) < 4.78 is 39.9. The zero-order valence-electron chi connectivity index (χ0n) is 11.1. The van der Waals surface area contributed by atoms with Gasteiger partial charge in [0.2, 0.25) is 0 Å². The first kappa shape index (κ1) is 14.3. The maximum Gasteiger partial charge on any atom is 0.403 e. The van der Waals surface area contributed by atoms with Crippen LogP contribution in [0, 0.1) is 0 Å². The summed E-state index contributed by atoms with van der Waals surface area (Å²) in [6, 6.07) is -1.40. The van der Waals surface area contributed by atoms with E-state index in [0.29, 0.717) is 12.8 Å². The molecule has 1 aliphatic rings. The molecule has 4 nitrogen and oxygen atoms in total. The van der Waals surface area contributed by atoms with Gasteiger partial charge in [-0.3, -0.25) is 0 Å². The summed E-state index contributed by atoms with van der Waals surface area (Å²) >= 11 is 0. The Kier molecular flexibility index (Phi) is 4.13. The van der Waals surface area contributed by atoms with Crippen LogP contribution in [0.1, 0.15) is 45.0 Å². The predicted molar refractivity (Wildman–Crippen MR) is 64.7 cm³/mol. The monoisotopic (exact) mass is 276 g/mol. The van der Waals surface area contributed by atoms with E-state index in [9.17, 15) is 13.2 Å². The Morgan fingerprint density at radius 3 is 2.79 bits per heavy atom. The van der Waals surface area contributed by atoms with Crippen LogP contribution in [-0.4, -0.2) is 33.0 Å². The van der Waals surface area contributed by atoms with Crippen molar-refractivity contribution in [3.8, 4) is 0 Å². The molecule has 0 aromatic carbocycles. The summed E-state index contributed by atoms with van der Waals surface area (Å²) in [6.07, 6.45) is -0.708. The standard InChI is InChI=1S/C12H19F3N4/c1-8(2)19-11(16-7-17-19)6-9-4-3-5-10(18-9)12(13,14)15/h7-10,18H,3-6H2,1-2H3. The first-order chi connectivity index (χ1) is 8.88. The van der Waals surface area contributed by atoms with Crippen LogP contribution in [0.2, 0.25) is 0 Å². The van der Waals surface area contributed by atoms with Gasteiger partial charge in [0.25, 0.3) is 0 Å². The second kappa shape index (κ2) is 5.48. The highest BCUT2D eigenvalue weighted by Gasteiger charge is 2.42. The summed E-state index contributed by atoms with van der Waals surface area (Å²) in [5, 5.41) is 6.80. The van der Waals surface area contributed by atoms with Crippen LogP contribution in [-0.2, 0) is 6.42 Å². The van der Waals surface area contributed by atoms with Gasteiger partial charge in [-0.1, -0.05) is 0 Å². The van der Waals surface area contributed by atoms with Crippen LogP contribution in [0.3, 0.4) is 0 Å². The van der Waals surface area contributed by atoms with Gasteiger partial charge >= 0.3 is 6.18 Å². The van der Waals surface area contributed by atoms with Gasteiger partial charge in [0.15, 0.2) is 0 Å². The number of hydrogen-bond donors (Lipinski definition) is 1. The van der Waals surface area contributed by atoms with Crippen molar-refractivity contribution in [2.24, 2.45) is 0 Å². The molecule has 2 unspecified atom stereocenters. The molecule has 19 heavy (non-hydrogen) atoms. The highest BCUT2D eigenvalue weighted by molar-refractivity contribution is 4.95. The first-order valence-electron chi connectivity index (χ1n) is 6.59. The smallest absolute Gasteiger partial charge is 0.303 e. The average Bonchev–Trinajstić information content (AvgIpc) is 2.76. The minimum atomic E-state index is -4.16. The molecule has 1 aromatic heterocycles.